The van der Waals surface area contributed by atoms with Crippen molar-refractivity contribution in [2.24, 2.45) is 0 Å². The molecule has 2 aromatic carbocycles. The van der Waals surface area contributed by atoms with Gasteiger partial charge in [-0.25, -0.2) is 14.4 Å². The molecule has 1 aromatic heterocycles. The van der Waals surface area contributed by atoms with E-state index in [1.807, 2.05) is 12.1 Å². The fourth-order valence-corrected chi connectivity index (χ4v) is 3.45. The molecule has 0 amide bonds. The van der Waals surface area contributed by atoms with Crippen LogP contribution >= 0.6 is 0 Å². The van der Waals surface area contributed by atoms with E-state index in [0.29, 0.717) is 16.6 Å². The van der Waals surface area contributed by atoms with Gasteiger partial charge in [0.1, 0.15) is 28.0 Å². The van der Waals surface area contributed by atoms with E-state index in [9.17, 15) is 14.4 Å². The Morgan fingerprint density at radius 2 is 1.17 bits per heavy atom. The lowest BCUT2D eigenvalue weighted by Crippen LogP contribution is -2.27. The molecule has 1 heterocycles. The van der Waals surface area contributed by atoms with E-state index in [0.717, 1.165) is 10.9 Å². The van der Waals surface area contributed by atoms with Crippen molar-refractivity contribution in [2.45, 2.75) is 79.1 Å². The molecule has 192 valence electrons. The summed E-state index contributed by atoms with van der Waals surface area (Å²) >= 11 is 0. The standard InChI is InChI=1S/C29H34O7/c1-27(2,3)34-24(30)13-11-17-10-12-18-19-15-20(25(31)35-28(4,5)6)21(26(32)36-29(7,8)9)16-23(19)33-22(18)14-17/h10-16H,1-9H3/b13-11-. The summed E-state index contributed by atoms with van der Waals surface area (Å²) < 4.78 is 22.4. The summed E-state index contributed by atoms with van der Waals surface area (Å²) in [6, 6.07) is 8.55. The summed E-state index contributed by atoms with van der Waals surface area (Å²) in [6.45, 7) is 15.9. The SMILES string of the molecule is CC(C)(C)OC(=O)/C=C\c1ccc2c(c1)oc1cc(C(=O)OC(C)(C)C)c(C(=O)OC(C)(C)C)cc12. The molecule has 0 radical (unpaired) electrons. The smallest absolute Gasteiger partial charge is 0.339 e. The molecule has 0 atom stereocenters. The third-order valence-corrected chi connectivity index (χ3v) is 4.69. The molecule has 0 N–H and O–H groups in total. The second kappa shape index (κ2) is 9.45. The number of esters is 3. The number of fused-ring (bicyclic) bond motifs is 3. The lowest BCUT2D eigenvalue weighted by molar-refractivity contribution is -0.148. The number of hydrogen-bond acceptors (Lipinski definition) is 7. The molecule has 0 aliphatic rings. The molecule has 0 unspecified atom stereocenters. The van der Waals surface area contributed by atoms with E-state index in [1.54, 1.807) is 80.5 Å². The third-order valence-electron chi connectivity index (χ3n) is 4.69. The first kappa shape index (κ1) is 27.0. The minimum Gasteiger partial charge on any atom is -0.457 e. The Kier molecular flexibility index (Phi) is 7.08. The van der Waals surface area contributed by atoms with Gasteiger partial charge in [-0.2, -0.15) is 0 Å². The summed E-state index contributed by atoms with van der Waals surface area (Å²) in [7, 11) is 0. The van der Waals surface area contributed by atoms with Gasteiger partial charge in [-0.1, -0.05) is 6.07 Å². The van der Waals surface area contributed by atoms with E-state index >= 15 is 0 Å². The second-order valence-electron chi connectivity index (χ2n) is 11.6. The van der Waals surface area contributed by atoms with Crippen LogP contribution in [0.2, 0.25) is 0 Å². The van der Waals surface area contributed by atoms with Crippen molar-refractivity contribution in [3.63, 3.8) is 0 Å². The van der Waals surface area contributed by atoms with Crippen LogP contribution in [0.3, 0.4) is 0 Å². The number of carbonyl (C=O) groups is 3. The van der Waals surface area contributed by atoms with Crippen molar-refractivity contribution in [1.29, 1.82) is 0 Å². The number of furan rings is 1. The van der Waals surface area contributed by atoms with Crippen LogP contribution in [-0.4, -0.2) is 34.7 Å². The summed E-state index contributed by atoms with van der Waals surface area (Å²) in [4.78, 5) is 38.0. The highest BCUT2D eigenvalue weighted by Gasteiger charge is 2.28. The minimum atomic E-state index is -0.750. The number of benzene rings is 2. The Bertz CT molecular complexity index is 1350. The molecule has 7 heteroatoms. The van der Waals surface area contributed by atoms with Crippen LogP contribution < -0.4 is 0 Å². The Morgan fingerprint density at radius 1 is 0.667 bits per heavy atom. The van der Waals surface area contributed by atoms with Crippen molar-refractivity contribution in [3.05, 3.63) is 53.1 Å². The maximum atomic E-state index is 13.0. The van der Waals surface area contributed by atoms with E-state index in [4.69, 9.17) is 18.6 Å². The van der Waals surface area contributed by atoms with E-state index in [2.05, 4.69) is 0 Å². The Labute approximate surface area is 211 Å². The lowest BCUT2D eigenvalue weighted by Gasteiger charge is -2.22. The monoisotopic (exact) mass is 494 g/mol. The van der Waals surface area contributed by atoms with Crippen molar-refractivity contribution >= 4 is 45.9 Å². The normalized spacial score (nSPS) is 12.8. The van der Waals surface area contributed by atoms with Gasteiger partial charge >= 0.3 is 17.9 Å². The van der Waals surface area contributed by atoms with Gasteiger partial charge in [-0.05, 0) is 98.2 Å². The highest BCUT2D eigenvalue weighted by atomic mass is 16.6. The van der Waals surface area contributed by atoms with Crippen molar-refractivity contribution in [2.75, 3.05) is 0 Å². The van der Waals surface area contributed by atoms with E-state index < -0.39 is 34.7 Å². The molecular weight excluding hydrogens is 460 g/mol. The van der Waals surface area contributed by atoms with Crippen LogP contribution in [0.5, 0.6) is 0 Å². The van der Waals surface area contributed by atoms with Crippen LogP contribution in [0, 0.1) is 0 Å². The fourth-order valence-electron chi connectivity index (χ4n) is 3.45. The zero-order valence-electron chi connectivity index (χ0n) is 22.4. The fraction of sp³-hybridized carbons (Fsp3) is 0.414. The number of carbonyl (C=O) groups excluding carboxylic acids is 3. The minimum absolute atomic E-state index is 0.0655. The largest absolute Gasteiger partial charge is 0.457 e. The van der Waals surface area contributed by atoms with Gasteiger partial charge in [0.05, 0.1) is 11.1 Å². The molecule has 36 heavy (non-hydrogen) atoms. The van der Waals surface area contributed by atoms with Gasteiger partial charge in [0.15, 0.2) is 0 Å². The van der Waals surface area contributed by atoms with E-state index in [1.165, 1.54) is 12.1 Å². The van der Waals surface area contributed by atoms with Gasteiger partial charge in [0.2, 0.25) is 0 Å². The van der Waals surface area contributed by atoms with Crippen LogP contribution in [0.1, 0.15) is 88.6 Å². The van der Waals surface area contributed by atoms with Gasteiger partial charge in [-0.15, -0.1) is 0 Å². The first-order valence-corrected chi connectivity index (χ1v) is 11.8. The number of rotatable bonds is 4. The number of hydrogen-bond donors (Lipinski definition) is 0. The zero-order valence-corrected chi connectivity index (χ0v) is 22.4. The van der Waals surface area contributed by atoms with E-state index in [-0.39, 0.29) is 11.1 Å². The summed E-state index contributed by atoms with van der Waals surface area (Å²) in [5, 5.41) is 1.40. The molecule has 3 rings (SSSR count). The highest BCUT2D eigenvalue weighted by Crippen LogP contribution is 2.33. The summed E-state index contributed by atoms with van der Waals surface area (Å²) in [5.74, 6) is -1.72. The van der Waals surface area contributed by atoms with Gasteiger partial charge in [0.25, 0.3) is 0 Å². The Balaban J connectivity index is 2.08. The molecule has 0 aliphatic heterocycles. The molecule has 7 nitrogen and oxygen atoms in total. The molecular formula is C29H34O7. The Morgan fingerprint density at radius 3 is 1.69 bits per heavy atom. The third kappa shape index (κ3) is 6.97. The van der Waals surface area contributed by atoms with Crippen LogP contribution in [0.15, 0.2) is 40.8 Å². The predicted molar refractivity (Wildman–Crippen MR) is 139 cm³/mol. The topological polar surface area (TPSA) is 92.0 Å². The zero-order chi connectivity index (χ0) is 27.1. The molecule has 0 saturated heterocycles. The molecule has 0 bridgehead atoms. The summed E-state index contributed by atoms with van der Waals surface area (Å²) in [6.07, 6.45) is 3.00. The molecule has 0 spiro atoms. The van der Waals surface area contributed by atoms with Gasteiger partial charge in [0, 0.05) is 16.8 Å². The first-order chi connectivity index (χ1) is 16.4. The quantitative estimate of drug-likeness (QED) is 0.222. The molecule has 0 fully saturated rings. The summed E-state index contributed by atoms with van der Waals surface area (Å²) in [5.41, 5.74) is -0.224. The van der Waals surface area contributed by atoms with Crippen LogP contribution in [-0.2, 0) is 19.0 Å². The van der Waals surface area contributed by atoms with Crippen molar-refractivity contribution < 1.29 is 33.0 Å². The lowest BCUT2D eigenvalue weighted by atomic mass is 10.0. The molecule has 0 aliphatic carbocycles. The van der Waals surface area contributed by atoms with Gasteiger partial charge < -0.3 is 18.6 Å². The predicted octanol–water partition coefficient (Wildman–Crippen LogP) is 6.85. The van der Waals surface area contributed by atoms with Gasteiger partial charge in [-0.3, -0.25) is 0 Å². The second-order valence-corrected chi connectivity index (χ2v) is 11.6. The number of ether oxygens (including phenoxy) is 3. The Hall–Kier alpha value is -3.61. The highest BCUT2D eigenvalue weighted by molar-refractivity contribution is 6.12. The average Bonchev–Trinajstić information content (AvgIpc) is 3.04. The van der Waals surface area contributed by atoms with Crippen LogP contribution in [0.25, 0.3) is 28.0 Å². The average molecular weight is 495 g/mol. The maximum Gasteiger partial charge on any atom is 0.339 e. The molecule has 3 aromatic rings. The van der Waals surface area contributed by atoms with Crippen LogP contribution in [0.4, 0.5) is 0 Å². The van der Waals surface area contributed by atoms with Crippen molar-refractivity contribution in [3.8, 4) is 0 Å². The van der Waals surface area contributed by atoms with Crippen molar-refractivity contribution in [1.82, 2.24) is 0 Å². The maximum absolute atomic E-state index is 13.0. The first-order valence-electron chi connectivity index (χ1n) is 11.8. The molecule has 0 saturated carbocycles.